The first-order chi connectivity index (χ1) is 7.91. The Bertz CT molecular complexity index is 401. The number of rotatable bonds is 3. The normalized spacial score (nSPS) is 13.2. The van der Waals surface area contributed by atoms with E-state index in [-0.39, 0.29) is 5.56 Å². The van der Waals surface area contributed by atoms with Gasteiger partial charge < -0.3 is 9.84 Å². The van der Waals surface area contributed by atoms with E-state index in [0.29, 0.717) is 0 Å². The fourth-order valence-corrected chi connectivity index (χ4v) is 1.50. The fourth-order valence-electron chi connectivity index (χ4n) is 1.50. The van der Waals surface area contributed by atoms with Gasteiger partial charge in [0.1, 0.15) is 5.92 Å². The first-order valence-corrected chi connectivity index (χ1v) is 4.76. The number of aliphatic hydroxyl groups excluding tert-OH is 1. The maximum Gasteiger partial charge on any atom is 0.416 e. The Morgan fingerprint density at radius 1 is 1.41 bits per heavy atom. The molecule has 0 saturated carbocycles. The predicted octanol–water partition coefficient (Wildman–Crippen LogP) is 1.95. The van der Waals surface area contributed by atoms with Crippen LogP contribution in [0.4, 0.5) is 13.2 Å². The standard InChI is InChI=1S/C11H11F3O3/c1-17-10(16)8(6-15)7-4-2-3-5-9(7)11(12,13)14/h2-5,8,15H,6H2,1H3. The summed E-state index contributed by atoms with van der Waals surface area (Å²) >= 11 is 0. The molecule has 0 aromatic heterocycles. The largest absolute Gasteiger partial charge is 0.468 e. The second kappa shape index (κ2) is 5.18. The average molecular weight is 248 g/mol. The summed E-state index contributed by atoms with van der Waals surface area (Å²) in [5.41, 5.74) is -1.22. The molecule has 0 amide bonds. The van der Waals surface area contributed by atoms with Gasteiger partial charge in [-0.05, 0) is 11.6 Å². The van der Waals surface area contributed by atoms with Gasteiger partial charge in [0.2, 0.25) is 0 Å². The summed E-state index contributed by atoms with van der Waals surface area (Å²) in [4.78, 5) is 11.3. The lowest BCUT2D eigenvalue weighted by molar-refractivity contribution is -0.145. The quantitative estimate of drug-likeness (QED) is 0.832. The van der Waals surface area contributed by atoms with Crippen molar-refractivity contribution in [2.45, 2.75) is 12.1 Å². The van der Waals surface area contributed by atoms with E-state index in [1.165, 1.54) is 12.1 Å². The van der Waals surface area contributed by atoms with Crippen LogP contribution in [-0.2, 0) is 15.7 Å². The maximum atomic E-state index is 12.7. The summed E-state index contributed by atoms with van der Waals surface area (Å²) in [7, 11) is 1.06. The Morgan fingerprint density at radius 2 is 2.00 bits per heavy atom. The fraction of sp³-hybridized carbons (Fsp3) is 0.364. The number of ether oxygens (including phenoxy) is 1. The van der Waals surface area contributed by atoms with E-state index in [0.717, 1.165) is 19.2 Å². The molecule has 1 aromatic rings. The summed E-state index contributed by atoms with van der Waals surface area (Å²) in [6.45, 7) is -0.736. The molecule has 6 heteroatoms. The molecule has 1 atom stereocenters. The Hall–Kier alpha value is -1.56. The summed E-state index contributed by atoms with van der Waals surface area (Å²) in [5.74, 6) is -2.22. The zero-order valence-corrected chi connectivity index (χ0v) is 8.99. The van der Waals surface area contributed by atoms with Crippen LogP contribution >= 0.6 is 0 Å². The molecule has 1 rings (SSSR count). The van der Waals surface area contributed by atoms with Crippen LogP contribution in [0.1, 0.15) is 17.0 Å². The van der Waals surface area contributed by atoms with Crippen LogP contribution < -0.4 is 0 Å². The summed E-state index contributed by atoms with van der Waals surface area (Å²) in [6, 6.07) is 4.61. The number of carbonyl (C=O) groups excluding carboxylic acids is 1. The highest BCUT2D eigenvalue weighted by Gasteiger charge is 2.36. The predicted molar refractivity (Wildman–Crippen MR) is 53.3 cm³/mol. The van der Waals surface area contributed by atoms with Gasteiger partial charge >= 0.3 is 12.1 Å². The Morgan fingerprint density at radius 3 is 2.47 bits per heavy atom. The van der Waals surface area contributed by atoms with E-state index in [2.05, 4.69) is 4.74 Å². The van der Waals surface area contributed by atoms with Crippen LogP contribution in [0.3, 0.4) is 0 Å². The van der Waals surface area contributed by atoms with Crippen molar-refractivity contribution >= 4 is 5.97 Å². The molecular formula is C11H11F3O3. The smallest absolute Gasteiger partial charge is 0.416 e. The Kier molecular flexibility index (Phi) is 4.11. The molecule has 0 heterocycles. The van der Waals surface area contributed by atoms with Gasteiger partial charge in [-0.15, -0.1) is 0 Å². The van der Waals surface area contributed by atoms with Gasteiger partial charge in [-0.1, -0.05) is 18.2 Å². The third-order valence-electron chi connectivity index (χ3n) is 2.31. The Labute approximate surface area is 95.8 Å². The van der Waals surface area contributed by atoms with Crippen molar-refractivity contribution in [1.29, 1.82) is 0 Å². The van der Waals surface area contributed by atoms with E-state index in [1.54, 1.807) is 0 Å². The number of carbonyl (C=O) groups is 1. The molecule has 1 aromatic carbocycles. The maximum absolute atomic E-state index is 12.7. The number of alkyl halides is 3. The van der Waals surface area contributed by atoms with Gasteiger partial charge in [-0.25, -0.2) is 0 Å². The lowest BCUT2D eigenvalue weighted by Gasteiger charge is -2.17. The SMILES string of the molecule is COC(=O)C(CO)c1ccccc1C(F)(F)F. The van der Waals surface area contributed by atoms with Crippen LogP contribution in [0.2, 0.25) is 0 Å². The highest BCUT2D eigenvalue weighted by Crippen LogP contribution is 2.35. The number of esters is 1. The first-order valence-electron chi connectivity index (χ1n) is 4.76. The molecule has 0 saturated heterocycles. The van der Waals surface area contributed by atoms with E-state index < -0.39 is 30.2 Å². The van der Waals surface area contributed by atoms with Crippen LogP contribution in [0.25, 0.3) is 0 Å². The minimum atomic E-state index is -4.57. The van der Waals surface area contributed by atoms with Gasteiger partial charge in [0.15, 0.2) is 0 Å². The third kappa shape index (κ3) is 2.97. The van der Waals surface area contributed by atoms with Gasteiger partial charge in [-0.3, -0.25) is 4.79 Å². The van der Waals surface area contributed by atoms with E-state index in [4.69, 9.17) is 5.11 Å². The van der Waals surface area contributed by atoms with E-state index in [1.807, 2.05) is 0 Å². The van der Waals surface area contributed by atoms with Crippen LogP contribution in [0.5, 0.6) is 0 Å². The zero-order chi connectivity index (χ0) is 13.1. The van der Waals surface area contributed by atoms with Crippen molar-refractivity contribution in [1.82, 2.24) is 0 Å². The van der Waals surface area contributed by atoms with Crippen molar-refractivity contribution in [3.05, 3.63) is 35.4 Å². The molecule has 1 unspecified atom stereocenters. The first kappa shape index (κ1) is 13.5. The molecular weight excluding hydrogens is 237 g/mol. The van der Waals surface area contributed by atoms with Gasteiger partial charge in [0, 0.05) is 0 Å². The van der Waals surface area contributed by atoms with E-state index >= 15 is 0 Å². The minimum absolute atomic E-state index is 0.283. The van der Waals surface area contributed by atoms with Crippen LogP contribution in [0, 0.1) is 0 Å². The lowest BCUT2D eigenvalue weighted by atomic mass is 9.94. The number of hydrogen-bond acceptors (Lipinski definition) is 3. The second-order valence-corrected chi connectivity index (χ2v) is 3.34. The molecule has 0 aliphatic heterocycles. The van der Waals surface area contributed by atoms with Crippen LogP contribution in [0.15, 0.2) is 24.3 Å². The molecule has 0 bridgehead atoms. The molecule has 0 radical (unpaired) electrons. The number of methoxy groups -OCH3 is 1. The number of benzene rings is 1. The topological polar surface area (TPSA) is 46.5 Å². The second-order valence-electron chi connectivity index (χ2n) is 3.34. The molecule has 3 nitrogen and oxygen atoms in total. The highest BCUT2D eigenvalue weighted by atomic mass is 19.4. The van der Waals surface area contributed by atoms with Crippen molar-refractivity contribution in [2.24, 2.45) is 0 Å². The van der Waals surface area contributed by atoms with Gasteiger partial charge in [0.05, 0.1) is 19.3 Å². The van der Waals surface area contributed by atoms with Crippen molar-refractivity contribution in [3.63, 3.8) is 0 Å². The Balaban J connectivity index is 3.25. The number of halogens is 3. The summed E-state index contributed by atoms with van der Waals surface area (Å²) in [5, 5.41) is 9.00. The van der Waals surface area contributed by atoms with Crippen molar-refractivity contribution in [2.75, 3.05) is 13.7 Å². The van der Waals surface area contributed by atoms with E-state index in [9.17, 15) is 18.0 Å². The summed E-state index contributed by atoms with van der Waals surface area (Å²) in [6.07, 6.45) is -4.57. The molecule has 1 N–H and O–H groups in total. The molecule has 0 spiro atoms. The highest BCUT2D eigenvalue weighted by molar-refractivity contribution is 5.78. The molecule has 94 valence electrons. The third-order valence-corrected chi connectivity index (χ3v) is 2.31. The van der Waals surface area contributed by atoms with Crippen LogP contribution in [-0.4, -0.2) is 24.8 Å². The zero-order valence-electron chi connectivity index (χ0n) is 8.99. The monoisotopic (exact) mass is 248 g/mol. The van der Waals surface area contributed by atoms with Gasteiger partial charge in [0.25, 0.3) is 0 Å². The number of hydrogen-bond donors (Lipinski definition) is 1. The lowest BCUT2D eigenvalue weighted by Crippen LogP contribution is -2.21. The molecule has 0 fully saturated rings. The molecule has 0 aliphatic rings. The number of aliphatic hydroxyl groups is 1. The average Bonchev–Trinajstić information content (AvgIpc) is 2.29. The molecule has 17 heavy (non-hydrogen) atoms. The minimum Gasteiger partial charge on any atom is -0.468 e. The van der Waals surface area contributed by atoms with Gasteiger partial charge in [-0.2, -0.15) is 13.2 Å². The van der Waals surface area contributed by atoms with Crippen molar-refractivity contribution < 1.29 is 27.8 Å². The molecule has 0 aliphatic carbocycles. The van der Waals surface area contributed by atoms with Crippen molar-refractivity contribution in [3.8, 4) is 0 Å². The summed E-state index contributed by atoms with van der Waals surface area (Å²) < 4.78 is 42.4.